The van der Waals surface area contributed by atoms with Crippen molar-refractivity contribution >= 4 is 63.6 Å². The molecule has 1 aromatic heterocycles. The summed E-state index contributed by atoms with van der Waals surface area (Å²) in [6.07, 6.45) is 4.14. The summed E-state index contributed by atoms with van der Waals surface area (Å²) in [6, 6.07) is 7.90. The van der Waals surface area contributed by atoms with Gasteiger partial charge < -0.3 is 20.8 Å². The highest BCUT2D eigenvalue weighted by Gasteiger charge is 2.54. The molecule has 11 nitrogen and oxygen atoms in total. The van der Waals surface area contributed by atoms with Crippen LogP contribution < -0.4 is 5.73 Å². The fourth-order valence-electron chi connectivity index (χ4n) is 4.10. The predicted octanol–water partition coefficient (Wildman–Crippen LogP) is 3.41. The minimum Gasteiger partial charge on any atom is -0.478 e. The number of Topliss-reactive ketones (excluding diaryl/α,β-unsaturated/α-hetero) is 1. The molecule has 1 fully saturated rings. The lowest BCUT2D eigenvalue weighted by Gasteiger charge is -2.49. The van der Waals surface area contributed by atoms with E-state index in [0.29, 0.717) is 11.3 Å². The van der Waals surface area contributed by atoms with Gasteiger partial charge in [-0.1, -0.05) is 48.5 Å². The molecule has 3 heterocycles. The Morgan fingerprint density at radius 2 is 1.93 bits per heavy atom. The van der Waals surface area contributed by atoms with Crippen LogP contribution in [0.5, 0.6) is 0 Å². The van der Waals surface area contributed by atoms with Crippen LogP contribution in [-0.4, -0.2) is 66.2 Å². The zero-order valence-electron chi connectivity index (χ0n) is 22.0. The SMILES string of the molecule is CCc1ccc(/C=C\C2=C(C(=O)O)N3C(=O)[C@@H](CC(=O)/C(=N\OC(C)(C)C(=O)O)c4csc(N)n4)[C@H]3SC2)cc1. The second-order valence-corrected chi connectivity index (χ2v) is 11.7. The van der Waals surface area contributed by atoms with Gasteiger partial charge in [-0.3, -0.25) is 14.5 Å². The van der Waals surface area contributed by atoms with Crippen molar-refractivity contribution in [3.05, 3.63) is 63.8 Å². The van der Waals surface area contributed by atoms with E-state index in [1.165, 1.54) is 41.5 Å². The number of aryl methyl sites for hydroxylation is 1. The molecule has 2 aliphatic heterocycles. The molecule has 0 aliphatic carbocycles. The molecule has 2 atom stereocenters. The minimum absolute atomic E-state index is 0.0964. The maximum atomic E-state index is 13.3. The van der Waals surface area contributed by atoms with E-state index < -0.39 is 40.5 Å². The Morgan fingerprint density at radius 3 is 2.50 bits per heavy atom. The molecule has 0 saturated carbocycles. The minimum atomic E-state index is -1.72. The van der Waals surface area contributed by atoms with Gasteiger partial charge in [0.05, 0.1) is 11.3 Å². The summed E-state index contributed by atoms with van der Waals surface area (Å²) in [6.45, 7) is 4.61. The van der Waals surface area contributed by atoms with Crippen LogP contribution in [0.4, 0.5) is 5.13 Å². The number of carboxylic acids is 2. The highest BCUT2D eigenvalue weighted by molar-refractivity contribution is 8.00. The van der Waals surface area contributed by atoms with E-state index in [0.717, 1.165) is 23.3 Å². The molecule has 1 amide bonds. The van der Waals surface area contributed by atoms with Gasteiger partial charge in [0.25, 0.3) is 0 Å². The Morgan fingerprint density at radius 1 is 1.23 bits per heavy atom. The number of nitrogens with two attached hydrogens (primary N) is 1. The van der Waals surface area contributed by atoms with E-state index in [1.54, 1.807) is 6.08 Å². The zero-order valence-corrected chi connectivity index (χ0v) is 23.6. The summed E-state index contributed by atoms with van der Waals surface area (Å²) in [5.74, 6) is -4.08. The van der Waals surface area contributed by atoms with Crippen molar-refractivity contribution in [3.63, 3.8) is 0 Å². The Bertz CT molecular complexity index is 1440. The standard InChI is InChI=1S/C27H28N4O7S2/c1-4-14-5-7-15(8-6-14)9-10-16-12-39-23-17(22(33)31(23)21(16)24(34)35)11-19(32)20(18-13-40-26(28)29-18)30-38-27(2,3)25(36)37/h5-10,13,17,23H,4,11-12H2,1-3H3,(H2,28,29)(H,34,35)(H,36,37)/b10-9-,30-20-/t17-,23-/m1/s1. The Labute approximate surface area is 238 Å². The summed E-state index contributed by atoms with van der Waals surface area (Å²) in [7, 11) is 0. The van der Waals surface area contributed by atoms with Crippen molar-refractivity contribution in [3.8, 4) is 0 Å². The predicted molar refractivity (Wildman–Crippen MR) is 152 cm³/mol. The second-order valence-electron chi connectivity index (χ2n) is 9.67. The number of anilines is 1. The number of thioether (sulfide) groups is 1. The molecule has 0 unspecified atom stereocenters. The van der Waals surface area contributed by atoms with E-state index in [1.807, 2.05) is 30.3 Å². The fraction of sp³-hybridized carbons (Fsp3) is 0.333. The number of β-lactam (4-membered cyclic amide) rings is 1. The normalized spacial score (nSPS) is 19.4. The summed E-state index contributed by atoms with van der Waals surface area (Å²) in [5.41, 5.74) is 6.30. The number of hydrogen-bond donors (Lipinski definition) is 3. The number of thiazole rings is 1. The van der Waals surface area contributed by atoms with Crippen LogP contribution >= 0.6 is 23.1 Å². The number of aliphatic carboxylic acids is 2. The molecular formula is C27H28N4O7S2. The first-order chi connectivity index (χ1) is 18.9. The van der Waals surface area contributed by atoms with Crippen molar-refractivity contribution < 1.29 is 34.2 Å². The number of nitrogen functional groups attached to an aromatic ring is 1. The smallest absolute Gasteiger partial charge is 0.352 e. The Balaban J connectivity index is 1.54. The number of nitrogens with zero attached hydrogens (tertiary/aromatic N) is 3. The highest BCUT2D eigenvalue weighted by Crippen LogP contribution is 2.45. The summed E-state index contributed by atoms with van der Waals surface area (Å²) in [5, 5.41) is 24.1. The molecule has 0 bridgehead atoms. The van der Waals surface area contributed by atoms with Gasteiger partial charge in [0.15, 0.2) is 16.6 Å². The van der Waals surface area contributed by atoms with Gasteiger partial charge in [-0.05, 0) is 37.0 Å². The number of aromatic nitrogens is 1. The van der Waals surface area contributed by atoms with Gasteiger partial charge >= 0.3 is 11.9 Å². The van der Waals surface area contributed by atoms with E-state index in [4.69, 9.17) is 10.6 Å². The molecule has 40 heavy (non-hydrogen) atoms. The van der Waals surface area contributed by atoms with Crippen LogP contribution in [0, 0.1) is 5.92 Å². The summed E-state index contributed by atoms with van der Waals surface area (Å²) >= 11 is 2.43. The molecule has 1 aromatic carbocycles. The van der Waals surface area contributed by atoms with Crippen molar-refractivity contribution in [2.75, 3.05) is 11.5 Å². The number of allylic oxidation sites excluding steroid dienone is 1. The van der Waals surface area contributed by atoms with Crippen LogP contribution in [0.1, 0.15) is 44.0 Å². The molecule has 210 valence electrons. The number of rotatable bonds is 11. The lowest BCUT2D eigenvalue weighted by molar-refractivity contribution is -0.161. The Hall–Kier alpha value is -3.97. The zero-order chi connectivity index (χ0) is 29.2. The molecule has 0 radical (unpaired) electrons. The summed E-state index contributed by atoms with van der Waals surface area (Å²) in [4.78, 5) is 60.5. The van der Waals surface area contributed by atoms with Gasteiger partial charge in [-0.15, -0.1) is 23.1 Å². The van der Waals surface area contributed by atoms with E-state index in [9.17, 15) is 29.4 Å². The molecule has 4 rings (SSSR count). The second kappa shape index (κ2) is 11.6. The van der Waals surface area contributed by atoms with Gasteiger partial charge in [0.1, 0.15) is 11.4 Å². The van der Waals surface area contributed by atoms with E-state index in [-0.39, 0.29) is 28.7 Å². The maximum absolute atomic E-state index is 13.3. The molecule has 0 spiro atoms. The Kier molecular flexibility index (Phi) is 8.45. The average Bonchev–Trinajstić information content (AvgIpc) is 3.35. The third-order valence-corrected chi connectivity index (χ3v) is 8.52. The topological polar surface area (TPSA) is 172 Å². The number of carboxylic acid groups (broad SMARTS) is 2. The maximum Gasteiger partial charge on any atom is 0.352 e. The molecule has 13 heteroatoms. The molecular weight excluding hydrogens is 556 g/mol. The van der Waals surface area contributed by atoms with Crippen LogP contribution in [0.3, 0.4) is 0 Å². The largest absolute Gasteiger partial charge is 0.478 e. The number of amides is 1. The first kappa shape index (κ1) is 29.0. The lowest BCUT2D eigenvalue weighted by Crippen LogP contribution is -2.62. The monoisotopic (exact) mass is 584 g/mol. The number of benzene rings is 1. The van der Waals surface area contributed by atoms with E-state index >= 15 is 0 Å². The first-order valence-corrected chi connectivity index (χ1v) is 14.3. The average molecular weight is 585 g/mol. The molecule has 2 aliphatic rings. The van der Waals surface area contributed by atoms with Crippen molar-refractivity contribution in [1.29, 1.82) is 0 Å². The third-order valence-electron chi connectivity index (χ3n) is 6.49. The number of carbonyl (C=O) groups is 4. The van der Waals surface area contributed by atoms with Crippen LogP contribution in [0.15, 0.2) is 52.1 Å². The third kappa shape index (κ3) is 5.94. The quantitative estimate of drug-likeness (QED) is 0.202. The van der Waals surface area contributed by atoms with Crippen molar-refractivity contribution in [2.45, 2.75) is 44.6 Å². The number of fused-ring (bicyclic) bond motifs is 1. The van der Waals surface area contributed by atoms with Crippen molar-refractivity contribution in [1.82, 2.24) is 9.88 Å². The number of carbonyl (C=O) groups excluding carboxylic acids is 2. The van der Waals surface area contributed by atoms with Gasteiger partial charge in [-0.2, -0.15) is 0 Å². The van der Waals surface area contributed by atoms with Crippen LogP contribution in [-0.2, 0) is 30.4 Å². The number of ketones is 1. The lowest BCUT2D eigenvalue weighted by atomic mass is 9.89. The molecule has 2 aromatic rings. The fourth-order valence-corrected chi connectivity index (χ4v) is 6.03. The van der Waals surface area contributed by atoms with E-state index in [2.05, 4.69) is 17.1 Å². The number of hydrogen-bond acceptors (Lipinski definition) is 10. The van der Waals surface area contributed by atoms with Crippen molar-refractivity contribution in [2.24, 2.45) is 11.1 Å². The molecule has 4 N–H and O–H groups in total. The number of oxime groups is 1. The van der Waals surface area contributed by atoms with Crippen LogP contribution in [0.25, 0.3) is 6.08 Å². The van der Waals surface area contributed by atoms with Gasteiger partial charge in [0, 0.05) is 17.6 Å². The molecule has 1 saturated heterocycles. The van der Waals surface area contributed by atoms with Gasteiger partial charge in [-0.25, -0.2) is 14.6 Å². The van der Waals surface area contributed by atoms with Crippen LogP contribution in [0.2, 0.25) is 0 Å². The highest BCUT2D eigenvalue weighted by atomic mass is 32.2. The summed E-state index contributed by atoms with van der Waals surface area (Å²) < 4.78 is 0. The van der Waals surface area contributed by atoms with Gasteiger partial charge in [0.2, 0.25) is 11.5 Å². The first-order valence-electron chi connectivity index (χ1n) is 12.3.